The maximum absolute atomic E-state index is 12.8. The summed E-state index contributed by atoms with van der Waals surface area (Å²) in [5, 5.41) is 0. The van der Waals surface area contributed by atoms with E-state index in [1.165, 1.54) is 5.56 Å². The van der Waals surface area contributed by atoms with Gasteiger partial charge >= 0.3 is 0 Å². The maximum Gasteiger partial charge on any atom is 0.241 e. The van der Waals surface area contributed by atoms with Crippen molar-refractivity contribution in [3.8, 4) is 11.5 Å². The summed E-state index contributed by atoms with van der Waals surface area (Å²) < 4.78 is 10.8. The molecule has 0 aliphatic carbocycles. The molecule has 1 amide bonds. The lowest BCUT2D eigenvalue weighted by Gasteiger charge is -2.31. The predicted octanol–water partition coefficient (Wildman–Crippen LogP) is 1.48. The summed E-state index contributed by atoms with van der Waals surface area (Å²) in [5.41, 5.74) is 8.78. The van der Waals surface area contributed by atoms with Gasteiger partial charge in [-0.05, 0) is 42.0 Å². The molecule has 0 aromatic heterocycles. The monoisotopic (exact) mass is 333 g/mol. The van der Waals surface area contributed by atoms with Crippen molar-refractivity contribution in [2.45, 2.75) is 45.3 Å². The van der Waals surface area contributed by atoms with Crippen molar-refractivity contribution in [1.29, 1.82) is 0 Å². The molecule has 6 heteroatoms. The molecule has 1 saturated heterocycles. The number of hydrogen-bond donors (Lipinski definition) is 2. The molecule has 0 bridgehead atoms. The first-order chi connectivity index (χ1) is 11.5. The van der Waals surface area contributed by atoms with E-state index in [1.54, 1.807) is 14.2 Å². The van der Waals surface area contributed by atoms with E-state index in [2.05, 4.69) is 24.7 Å². The number of carbonyl (C=O) groups excluding carboxylic acids is 1. The van der Waals surface area contributed by atoms with Gasteiger partial charge in [0.2, 0.25) is 5.91 Å². The average molecular weight is 333 g/mol. The quantitative estimate of drug-likeness (QED) is 0.874. The fraction of sp³-hybridized carbons (Fsp3) is 0.611. The SMILES string of the molecule is COc1cc2c(cc1OC)CN(C(=O)C1CC(C(C)C)NN1)CC2. The van der Waals surface area contributed by atoms with Gasteiger partial charge in [0.1, 0.15) is 6.04 Å². The highest BCUT2D eigenvalue weighted by atomic mass is 16.5. The van der Waals surface area contributed by atoms with Gasteiger partial charge in [-0.1, -0.05) is 13.8 Å². The number of hydrogen-bond acceptors (Lipinski definition) is 5. The second-order valence-corrected chi connectivity index (χ2v) is 6.91. The van der Waals surface area contributed by atoms with Crippen LogP contribution in [-0.2, 0) is 17.8 Å². The molecular formula is C18H27N3O3. The second-order valence-electron chi connectivity index (χ2n) is 6.91. The van der Waals surface area contributed by atoms with Crippen molar-refractivity contribution in [2.24, 2.45) is 5.92 Å². The zero-order chi connectivity index (χ0) is 17.3. The van der Waals surface area contributed by atoms with Gasteiger partial charge in [0.15, 0.2) is 11.5 Å². The van der Waals surface area contributed by atoms with Gasteiger partial charge < -0.3 is 14.4 Å². The molecular weight excluding hydrogens is 306 g/mol. The highest BCUT2D eigenvalue weighted by molar-refractivity contribution is 5.82. The Morgan fingerprint density at radius 2 is 1.83 bits per heavy atom. The van der Waals surface area contributed by atoms with E-state index in [0.29, 0.717) is 24.3 Å². The van der Waals surface area contributed by atoms with Crippen LogP contribution >= 0.6 is 0 Å². The van der Waals surface area contributed by atoms with Crippen molar-refractivity contribution in [3.63, 3.8) is 0 Å². The highest BCUT2D eigenvalue weighted by Gasteiger charge is 2.34. The van der Waals surface area contributed by atoms with E-state index in [0.717, 1.165) is 30.7 Å². The van der Waals surface area contributed by atoms with Crippen molar-refractivity contribution in [3.05, 3.63) is 23.3 Å². The molecule has 132 valence electrons. The Morgan fingerprint density at radius 3 is 2.42 bits per heavy atom. The van der Waals surface area contributed by atoms with Crippen LogP contribution in [0.4, 0.5) is 0 Å². The molecule has 0 saturated carbocycles. The van der Waals surface area contributed by atoms with Crippen molar-refractivity contribution in [2.75, 3.05) is 20.8 Å². The molecule has 1 aromatic carbocycles. The minimum absolute atomic E-state index is 0.140. The number of nitrogens with zero attached hydrogens (tertiary/aromatic N) is 1. The van der Waals surface area contributed by atoms with Crippen LogP contribution in [-0.4, -0.2) is 43.7 Å². The molecule has 24 heavy (non-hydrogen) atoms. The largest absolute Gasteiger partial charge is 0.493 e. The Balaban J connectivity index is 1.72. The number of ether oxygens (including phenoxy) is 2. The molecule has 1 fully saturated rings. The molecule has 2 atom stereocenters. The highest BCUT2D eigenvalue weighted by Crippen LogP contribution is 2.33. The number of rotatable bonds is 4. The molecule has 0 radical (unpaired) electrons. The zero-order valence-electron chi connectivity index (χ0n) is 14.9. The summed E-state index contributed by atoms with van der Waals surface area (Å²) in [5.74, 6) is 2.14. The van der Waals surface area contributed by atoms with Crippen LogP contribution < -0.4 is 20.3 Å². The molecule has 6 nitrogen and oxygen atoms in total. The van der Waals surface area contributed by atoms with E-state index in [-0.39, 0.29) is 11.9 Å². The van der Waals surface area contributed by atoms with Crippen LogP contribution in [0.2, 0.25) is 0 Å². The molecule has 2 N–H and O–H groups in total. The van der Waals surface area contributed by atoms with Crippen molar-refractivity contribution < 1.29 is 14.3 Å². The number of carbonyl (C=O) groups is 1. The third-order valence-electron chi connectivity index (χ3n) is 5.07. The van der Waals surface area contributed by atoms with E-state index in [9.17, 15) is 4.79 Å². The minimum Gasteiger partial charge on any atom is -0.493 e. The molecule has 2 aliphatic heterocycles. The first-order valence-electron chi connectivity index (χ1n) is 8.57. The molecule has 2 unspecified atom stereocenters. The van der Waals surface area contributed by atoms with Crippen LogP contribution in [0.1, 0.15) is 31.4 Å². The van der Waals surface area contributed by atoms with Gasteiger partial charge in [-0.15, -0.1) is 0 Å². The Kier molecular flexibility index (Phi) is 4.96. The van der Waals surface area contributed by atoms with E-state index in [1.807, 2.05) is 17.0 Å². The third-order valence-corrected chi connectivity index (χ3v) is 5.07. The van der Waals surface area contributed by atoms with Crippen LogP contribution in [0.3, 0.4) is 0 Å². The Morgan fingerprint density at radius 1 is 1.17 bits per heavy atom. The summed E-state index contributed by atoms with van der Waals surface area (Å²) >= 11 is 0. The molecule has 1 aromatic rings. The Labute approximate surface area is 143 Å². The van der Waals surface area contributed by atoms with Gasteiger partial charge in [-0.3, -0.25) is 10.2 Å². The lowest BCUT2D eigenvalue weighted by atomic mass is 9.96. The maximum atomic E-state index is 12.8. The normalized spacial score (nSPS) is 23.3. The van der Waals surface area contributed by atoms with E-state index in [4.69, 9.17) is 9.47 Å². The summed E-state index contributed by atoms with van der Waals surface area (Å²) in [6, 6.07) is 4.23. The zero-order valence-corrected chi connectivity index (χ0v) is 14.9. The van der Waals surface area contributed by atoms with Gasteiger partial charge in [-0.2, -0.15) is 0 Å². The summed E-state index contributed by atoms with van der Waals surface area (Å²) in [4.78, 5) is 14.8. The fourth-order valence-electron chi connectivity index (χ4n) is 3.47. The number of nitrogens with one attached hydrogen (secondary N) is 2. The second kappa shape index (κ2) is 6.99. The molecule has 0 spiro atoms. The molecule has 2 aliphatic rings. The number of benzene rings is 1. The summed E-state index contributed by atoms with van der Waals surface area (Å²) in [6.45, 7) is 5.71. The van der Waals surface area contributed by atoms with Crippen LogP contribution in [0.5, 0.6) is 11.5 Å². The number of amides is 1. The van der Waals surface area contributed by atoms with Crippen LogP contribution in [0.25, 0.3) is 0 Å². The first kappa shape index (κ1) is 17.0. The number of methoxy groups -OCH3 is 2. The van der Waals surface area contributed by atoms with Crippen molar-refractivity contribution in [1.82, 2.24) is 15.8 Å². The summed E-state index contributed by atoms with van der Waals surface area (Å²) in [7, 11) is 3.28. The number of hydrazine groups is 1. The van der Waals surface area contributed by atoms with E-state index < -0.39 is 0 Å². The van der Waals surface area contributed by atoms with Gasteiger partial charge in [0.05, 0.1) is 14.2 Å². The van der Waals surface area contributed by atoms with Crippen LogP contribution in [0, 0.1) is 5.92 Å². The standard InChI is InChI=1S/C18H27N3O3/c1-11(2)14-9-15(20-19-14)18(22)21-6-5-12-7-16(23-3)17(24-4)8-13(12)10-21/h7-8,11,14-15,19-20H,5-6,9-10H2,1-4H3. The third kappa shape index (κ3) is 3.21. The Hall–Kier alpha value is -1.79. The molecule has 3 rings (SSSR count). The predicted molar refractivity (Wildman–Crippen MR) is 92.0 cm³/mol. The fourth-order valence-corrected chi connectivity index (χ4v) is 3.47. The van der Waals surface area contributed by atoms with Crippen molar-refractivity contribution >= 4 is 5.91 Å². The topological polar surface area (TPSA) is 62.8 Å². The Bertz CT molecular complexity index is 618. The van der Waals surface area contributed by atoms with E-state index >= 15 is 0 Å². The smallest absolute Gasteiger partial charge is 0.241 e. The lowest BCUT2D eigenvalue weighted by Crippen LogP contribution is -2.47. The average Bonchev–Trinajstić information content (AvgIpc) is 3.09. The minimum atomic E-state index is -0.140. The molecule has 2 heterocycles. The van der Waals surface area contributed by atoms with Gasteiger partial charge in [0.25, 0.3) is 0 Å². The first-order valence-corrected chi connectivity index (χ1v) is 8.57. The summed E-state index contributed by atoms with van der Waals surface area (Å²) in [6.07, 6.45) is 1.68. The van der Waals surface area contributed by atoms with Gasteiger partial charge in [-0.25, -0.2) is 5.43 Å². The lowest BCUT2D eigenvalue weighted by molar-refractivity contribution is -0.134. The number of fused-ring (bicyclic) bond motifs is 1. The van der Waals surface area contributed by atoms with Crippen LogP contribution in [0.15, 0.2) is 12.1 Å². The van der Waals surface area contributed by atoms with Gasteiger partial charge in [0, 0.05) is 19.1 Å².